The Kier molecular flexibility index (Phi) is 6.05. The number of rotatable bonds is 4. The van der Waals surface area contributed by atoms with Crippen LogP contribution >= 0.6 is 39.1 Å². The van der Waals surface area contributed by atoms with Gasteiger partial charge in [-0.3, -0.25) is 0 Å². The first-order valence-corrected chi connectivity index (χ1v) is 8.85. The standard InChI is InChI=1S/C16H21BrCl2/c1-2-3-11-4-6-14(17)13(8-11)9-12-5-7-15(18)16(19)10-12/h5,7,10-11,13-14H,2-4,6,8-9H2,1H3. The number of hydrogen-bond acceptors (Lipinski definition) is 0. The number of hydrogen-bond donors (Lipinski definition) is 0. The summed E-state index contributed by atoms with van der Waals surface area (Å²) < 4.78 is 0. The summed E-state index contributed by atoms with van der Waals surface area (Å²) in [6.45, 7) is 2.29. The van der Waals surface area contributed by atoms with Gasteiger partial charge in [0, 0.05) is 4.83 Å². The Morgan fingerprint density at radius 3 is 2.68 bits per heavy atom. The Morgan fingerprint density at radius 1 is 1.21 bits per heavy atom. The lowest BCUT2D eigenvalue weighted by Crippen LogP contribution is -2.26. The normalized spacial score (nSPS) is 27.5. The average molecular weight is 364 g/mol. The second kappa shape index (κ2) is 7.33. The van der Waals surface area contributed by atoms with Gasteiger partial charge in [0.15, 0.2) is 0 Å². The maximum Gasteiger partial charge on any atom is 0.0595 e. The zero-order valence-electron chi connectivity index (χ0n) is 11.3. The van der Waals surface area contributed by atoms with Gasteiger partial charge in [-0.05, 0) is 55.2 Å². The van der Waals surface area contributed by atoms with Gasteiger partial charge in [-0.2, -0.15) is 0 Å². The molecule has 1 aliphatic carbocycles. The van der Waals surface area contributed by atoms with Crippen molar-refractivity contribution < 1.29 is 0 Å². The minimum absolute atomic E-state index is 0.647. The molecule has 3 heteroatoms. The monoisotopic (exact) mass is 362 g/mol. The molecule has 1 saturated carbocycles. The van der Waals surface area contributed by atoms with Crippen LogP contribution < -0.4 is 0 Å². The molecule has 0 aliphatic heterocycles. The predicted molar refractivity (Wildman–Crippen MR) is 88.6 cm³/mol. The van der Waals surface area contributed by atoms with Gasteiger partial charge in [0.05, 0.1) is 10.0 Å². The molecule has 1 fully saturated rings. The largest absolute Gasteiger partial charge is 0.0888 e. The van der Waals surface area contributed by atoms with E-state index < -0.39 is 0 Å². The van der Waals surface area contributed by atoms with E-state index in [9.17, 15) is 0 Å². The van der Waals surface area contributed by atoms with Crippen LogP contribution in [0.4, 0.5) is 0 Å². The van der Waals surface area contributed by atoms with E-state index in [0.717, 1.165) is 18.3 Å². The van der Waals surface area contributed by atoms with E-state index in [-0.39, 0.29) is 0 Å². The fourth-order valence-electron chi connectivity index (χ4n) is 3.18. The highest BCUT2D eigenvalue weighted by molar-refractivity contribution is 9.09. The highest BCUT2D eigenvalue weighted by Gasteiger charge is 2.28. The molecule has 0 amide bonds. The van der Waals surface area contributed by atoms with Crippen molar-refractivity contribution >= 4 is 39.1 Å². The van der Waals surface area contributed by atoms with Crippen molar-refractivity contribution in [2.24, 2.45) is 11.8 Å². The van der Waals surface area contributed by atoms with Gasteiger partial charge in [0.2, 0.25) is 0 Å². The van der Waals surface area contributed by atoms with Gasteiger partial charge in [-0.15, -0.1) is 0 Å². The van der Waals surface area contributed by atoms with Crippen LogP contribution in [0.1, 0.15) is 44.6 Å². The highest BCUT2D eigenvalue weighted by atomic mass is 79.9. The lowest BCUT2D eigenvalue weighted by molar-refractivity contribution is 0.263. The highest BCUT2D eigenvalue weighted by Crippen LogP contribution is 2.38. The first-order valence-electron chi connectivity index (χ1n) is 7.18. The summed E-state index contributed by atoms with van der Waals surface area (Å²) in [6.07, 6.45) is 7.80. The molecule has 1 aliphatic rings. The van der Waals surface area contributed by atoms with Crippen molar-refractivity contribution in [2.75, 3.05) is 0 Å². The molecule has 0 bridgehead atoms. The Bertz CT molecular complexity index is 419. The molecule has 3 atom stereocenters. The van der Waals surface area contributed by atoms with E-state index in [1.54, 1.807) is 0 Å². The van der Waals surface area contributed by atoms with Crippen molar-refractivity contribution in [1.82, 2.24) is 0 Å². The third kappa shape index (κ3) is 4.37. The molecule has 0 saturated heterocycles. The van der Waals surface area contributed by atoms with Crippen LogP contribution in [0, 0.1) is 11.8 Å². The summed E-state index contributed by atoms with van der Waals surface area (Å²) in [6, 6.07) is 6.04. The number of benzene rings is 1. The van der Waals surface area contributed by atoms with Gasteiger partial charge >= 0.3 is 0 Å². The zero-order chi connectivity index (χ0) is 13.8. The van der Waals surface area contributed by atoms with Crippen molar-refractivity contribution in [2.45, 2.75) is 50.3 Å². The molecule has 3 unspecified atom stereocenters. The summed E-state index contributed by atoms with van der Waals surface area (Å²) in [4.78, 5) is 0.648. The fraction of sp³-hybridized carbons (Fsp3) is 0.625. The fourth-order valence-corrected chi connectivity index (χ4v) is 4.16. The van der Waals surface area contributed by atoms with Crippen LogP contribution in [-0.4, -0.2) is 4.83 Å². The summed E-state index contributed by atoms with van der Waals surface area (Å²) in [5.41, 5.74) is 1.31. The van der Waals surface area contributed by atoms with Gasteiger partial charge in [-0.1, -0.05) is 65.0 Å². The maximum atomic E-state index is 6.10. The van der Waals surface area contributed by atoms with Crippen LogP contribution in [0.2, 0.25) is 10.0 Å². The molecule has 0 radical (unpaired) electrons. The molecule has 1 aromatic carbocycles. The summed E-state index contributed by atoms with van der Waals surface area (Å²) in [7, 11) is 0. The summed E-state index contributed by atoms with van der Waals surface area (Å²) >= 11 is 15.9. The third-order valence-electron chi connectivity index (χ3n) is 4.18. The summed E-state index contributed by atoms with van der Waals surface area (Å²) in [5, 5.41) is 1.32. The molecule has 0 heterocycles. The second-order valence-corrected chi connectivity index (χ2v) is 7.69. The molecule has 2 rings (SSSR count). The van der Waals surface area contributed by atoms with Crippen molar-refractivity contribution in [1.29, 1.82) is 0 Å². The zero-order valence-corrected chi connectivity index (χ0v) is 14.4. The number of alkyl halides is 1. The molecule has 19 heavy (non-hydrogen) atoms. The first kappa shape index (κ1) is 15.7. The van der Waals surface area contributed by atoms with Gasteiger partial charge in [0.1, 0.15) is 0 Å². The van der Waals surface area contributed by atoms with E-state index in [4.69, 9.17) is 23.2 Å². The summed E-state index contributed by atoms with van der Waals surface area (Å²) in [5.74, 6) is 1.63. The maximum absolute atomic E-state index is 6.10. The Labute approximate surface area is 135 Å². The SMILES string of the molecule is CCCC1CCC(Br)C(Cc2ccc(Cl)c(Cl)c2)C1. The molecular weight excluding hydrogens is 343 g/mol. The third-order valence-corrected chi connectivity index (χ3v) is 6.12. The van der Waals surface area contributed by atoms with E-state index in [1.807, 2.05) is 12.1 Å². The Morgan fingerprint density at radius 2 is 2.00 bits per heavy atom. The van der Waals surface area contributed by atoms with Gasteiger partial charge < -0.3 is 0 Å². The molecule has 0 nitrogen and oxygen atoms in total. The smallest absolute Gasteiger partial charge is 0.0595 e. The van der Waals surface area contributed by atoms with E-state index in [2.05, 4.69) is 28.9 Å². The molecular formula is C16H21BrCl2. The van der Waals surface area contributed by atoms with Crippen LogP contribution in [0.25, 0.3) is 0 Å². The molecule has 0 N–H and O–H groups in total. The van der Waals surface area contributed by atoms with E-state index in [1.165, 1.54) is 37.7 Å². The molecule has 0 spiro atoms. The predicted octanol–water partition coefficient (Wildman–Crippen LogP) is 6.52. The topological polar surface area (TPSA) is 0 Å². The lowest BCUT2D eigenvalue weighted by Gasteiger charge is -2.33. The van der Waals surface area contributed by atoms with Crippen molar-refractivity contribution in [3.8, 4) is 0 Å². The van der Waals surface area contributed by atoms with E-state index in [0.29, 0.717) is 14.9 Å². The van der Waals surface area contributed by atoms with E-state index >= 15 is 0 Å². The minimum atomic E-state index is 0.647. The van der Waals surface area contributed by atoms with Gasteiger partial charge in [-0.25, -0.2) is 0 Å². The van der Waals surface area contributed by atoms with Crippen LogP contribution in [0.15, 0.2) is 18.2 Å². The minimum Gasteiger partial charge on any atom is -0.0888 e. The molecule has 106 valence electrons. The van der Waals surface area contributed by atoms with Crippen molar-refractivity contribution in [3.05, 3.63) is 33.8 Å². The Balaban J connectivity index is 2.01. The Hall–Kier alpha value is 0.280. The first-order chi connectivity index (χ1) is 9.10. The van der Waals surface area contributed by atoms with Crippen LogP contribution in [0.5, 0.6) is 0 Å². The van der Waals surface area contributed by atoms with Gasteiger partial charge in [0.25, 0.3) is 0 Å². The quantitative estimate of drug-likeness (QED) is 0.534. The average Bonchev–Trinajstić information content (AvgIpc) is 2.38. The second-order valence-electron chi connectivity index (χ2n) is 5.70. The number of halogens is 3. The molecule has 0 aromatic heterocycles. The molecule has 1 aromatic rings. The lowest BCUT2D eigenvalue weighted by atomic mass is 9.77. The van der Waals surface area contributed by atoms with Crippen molar-refractivity contribution in [3.63, 3.8) is 0 Å². The van der Waals surface area contributed by atoms with Crippen LogP contribution in [-0.2, 0) is 6.42 Å². The van der Waals surface area contributed by atoms with Crippen LogP contribution in [0.3, 0.4) is 0 Å².